The van der Waals surface area contributed by atoms with E-state index in [2.05, 4.69) is 11.4 Å². The molecule has 154 valence electrons. The summed E-state index contributed by atoms with van der Waals surface area (Å²) in [5, 5.41) is 12.2. The minimum atomic E-state index is -0.854. The fraction of sp³-hybridized carbons (Fsp3) is 0.545. The van der Waals surface area contributed by atoms with Gasteiger partial charge in [0.15, 0.2) is 6.61 Å². The zero-order valence-electron chi connectivity index (χ0n) is 16.7. The van der Waals surface area contributed by atoms with Gasteiger partial charge < -0.3 is 15.0 Å². The van der Waals surface area contributed by atoms with Crippen LogP contribution in [0.4, 0.5) is 0 Å². The molecule has 0 spiro atoms. The van der Waals surface area contributed by atoms with Crippen molar-refractivity contribution in [3.63, 3.8) is 0 Å². The van der Waals surface area contributed by atoms with Gasteiger partial charge in [-0.25, -0.2) is 0 Å². The summed E-state index contributed by atoms with van der Waals surface area (Å²) in [5.41, 5.74) is 0.149. The van der Waals surface area contributed by atoms with Gasteiger partial charge in [0.2, 0.25) is 5.91 Å². The van der Waals surface area contributed by atoms with Crippen LogP contribution in [0.25, 0.3) is 0 Å². The summed E-state index contributed by atoms with van der Waals surface area (Å²) in [4.78, 5) is 38.7. The summed E-state index contributed by atoms with van der Waals surface area (Å²) in [6, 6.07) is 11.7. The highest BCUT2D eigenvalue weighted by atomic mass is 16.5. The summed E-state index contributed by atoms with van der Waals surface area (Å²) < 4.78 is 5.16. The Morgan fingerprint density at radius 3 is 2.62 bits per heavy atom. The Kier molecular flexibility index (Phi) is 6.53. The van der Waals surface area contributed by atoms with Crippen LogP contribution in [-0.4, -0.2) is 41.4 Å². The Balaban J connectivity index is 1.50. The number of hydrogen-bond acceptors (Lipinski definition) is 5. The highest BCUT2D eigenvalue weighted by Crippen LogP contribution is 2.29. The van der Waals surface area contributed by atoms with Crippen LogP contribution in [0.3, 0.4) is 0 Å². The molecule has 2 atom stereocenters. The molecule has 1 saturated heterocycles. The Hall–Kier alpha value is -2.88. The molecule has 3 rings (SSSR count). The molecule has 1 saturated carbocycles. The molecule has 2 aliphatic rings. The van der Waals surface area contributed by atoms with E-state index < -0.39 is 29.9 Å². The largest absolute Gasteiger partial charge is 0.455 e. The lowest BCUT2D eigenvalue weighted by atomic mass is 9.83. The first-order valence-electron chi connectivity index (χ1n) is 10.2. The zero-order chi connectivity index (χ0) is 20.9. The number of amides is 2. The minimum Gasteiger partial charge on any atom is -0.455 e. The van der Waals surface area contributed by atoms with Gasteiger partial charge in [-0.1, -0.05) is 49.6 Å². The number of nitrogens with zero attached hydrogens (tertiary/aromatic N) is 2. The molecule has 2 amide bonds. The van der Waals surface area contributed by atoms with Crippen molar-refractivity contribution >= 4 is 17.8 Å². The molecule has 2 fully saturated rings. The lowest BCUT2D eigenvalue weighted by Gasteiger charge is -2.31. The monoisotopic (exact) mass is 397 g/mol. The molecule has 1 aromatic rings. The van der Waals surface area contributed by atoms with Crippen LogP contribution in [0.2, 0.25) is 0 Å². The highest BCUT2D eigenvalue weighted by molar-refractivity contribution is 5.88. The SMILES string of the molecule is C[C@@H](c1ccccc1)N1C[C@H](C(=O)OCC(=O)NC2(C#N)CCCCC2)CC1=O. The molecule has 0 unspecified atom stereocenters. The maximum atomic E-state index is 12.4. The summed E-state index contributed by atoms with van der Waals surface area (Å²) in [5.74, 6) is -1.70. The first kappa shape index (κ1) is 20.8. The average Bonchev–Trinajstić information content (AvgIpc) is 3.14. The van der Waals surface area contributed by atoms with Gasteiger partial charge in [-0.3, -0.25) is 14.4 Å². The molecule has 1 aromatic carbocycles. The Labute approximate surface area is 171 Å². The third kappa shape index (κ3) is 4.94. The van der Waals surface area contributed by atoms with E-state index in [0.717, 1.165) is 24.8 Å². The lowest BCUT2D eigenvalue weighted by Crippen LogP contribution is -2.50. The second kappa shape index (κ2) is 9.08. The number of carbonyl (C=O) groups is 3. The van der Waals surface area contributed by atoms with Crippen molar-refractivity contribution < 1.29 is 19.1 Å². The van der Waals surface area contributed by atoms with E-state index in [1.165, 1.54) is 0 Å². The number of esters is 1. The number of carbonyl (C=O) groups excluding carboxylic acids is 3. The molecule has 0 aromatic heterocycles. The molecule has 0 bridgehead atoms. The normalized spacial score (nSPS) is 21.9. The third-order valence-corrected chi connectivity index (χ3v) is 5.89. The Morgan fingerprint density at radius 2 is 1.97 bits per heavy atom. The van der Waals surface area contributed by atoms with Crippen molar-refractivity contribution in [1.29, 1.82) is 5.26 Å². The number of rotatable bonds is 6. The van der Waals surface area contributed by atoms with Gasteiger partial charge in [0.1, 0.15) is 5.54 Å². The summed E-state index contributed by atoms with van der Waals surface area (Å²) >= 11 is 0. The molecule has 29 heavy (non-hydrogen) atoms. The summed E-state index contributed by atoms with van der Waals surface area (Å²) in [6.45, 7) is 1.78. The van der Waals surface area contributed by atoms with E-state index >= 15 is 0 Å². The zero-order valence-corrected chi connectivity index (χ0v) is 16.7. The topological polar surface area (TPSA) is 99.5 Å². The summed E-state index contributed by atoms with van der Waals surface area (Å²) in [6.07, 6.45) is 4.17. The van der Waals surface area contributed by atoms with Gasteiger partial charge in [0, 0.05) is 13.0 Å². The molecular weight excluding hydrogens is 370 g/mol. The van der Waals surface area contributed by atoms with E-state index in [-0.39, 0.29) is 24.9 Å². The molecule has 1 aliphatic carbocycles. The number of nitrogens with one attached hydrogen (secondary N) is 1. The first-order valence-corrected chi connectivity index (χ1v) is 10.2. The number of nitriles is 1. The van der Waals surface area contributed by atoms with Gasteiger partial charge in [-0.05, 0) is 25.3 Å². The van der Waals surface area contributed by atoms with Crippen molar-refractivity contribution in [2.45, 2.75) is 57.0 Å². The van der Waals surface area contributed by atoms with Crippen molar-refractivity contribution in [2.75, 3.05) is 13.2 Å². The van der Waals surface area contributed by atoms with Crippen molar-refractivity contribution in [3.05, 3.63) is 35.9 Å². The van der Waals surface area contributed by atoms with Crippen molar-refractivity contribution in [2.24, 2.45) is 5.92 Å². The van der Waals surface area contributed by atoms with E-state index in [0.29, 0.717) is 12.8 Å². The van der Waals surface area contributed by atoms with Gasteiger partial charge in [-0.2, -0.15) is 5.26 Å². The van der Waals surface area contributed by atoms with Crippen LogP contribution >= 0.6 is 0 Å². The van der Waals surface area contributed by atoms with Gasteiger partial charge in [-0.15, -0.1) is 0 Å². The Morgan fingerprint density at radius 1 is 1.28 bits per heavy atom. The van der Waals surface area contributed by atoms with Crippen LogP contribution in [0.15, 0.2) is 30.3 Å². The van der Waals surface area contributed by atoms with Gasteiger partial charge in [0.05, 0.1) is 18.0 Å². The maximum absolute atomic E-state index is 12.4. The molecule has 1 heterocycles. The van der Waals surface area contributed by atoms with Crippen LogP contribution in [0.5, 0.6) is 0 Å². The molecule has 7 heteroatoms. The predicted octanol–water partition coefficient (Wildman–Crippen LogP) is 2.48. The first-order chi connectivity index (χ1) is 13.9. The smallest absolute Gasteiger partial charge is 0.311 e. The average molecular weight is 397 g/mol. The van der Waals surface area contributed by atoms with E-state index in [4.69, 9.17) is 4.74 Å². The number of hydrogen-bond donors (Lipinski definition) is 1. The fourth-order valence-corrected chi connectivity index (χ4v) is 4.15. The van der Waals surface area contributed by atoms with Gasteiger partial charge >= 0.3 is 5.97 Å². The highest BCUT2D eigenvalue weighted by Gasteiger charge is 2.38. The summed E-state index contributed by atoms with van der Waals surface area (Å²) in [7, 11) is 0. The third-order valence-electron chi connectivity index (χ3n) is 5.89. The van der Waals surface area contributed by atoms with Crippen LogP contribution in [0.1, 0.15) is 57.1 Å². The van der Waals surface area contributed by atoms with Crippen LogP contribution < -0.4 is 5.32 Å². The van der Waals surface area contributed by atoms with Gasteiger partial charge in [0.25, 0.3) is 5.91 Å². The standard InChI is InChI=1S/C22H27N3O4/c1-16(17-8-4-2-5-9-17)25-13-18(12-20(25)27)21(28)29-14-19(26)24-22(15-23)10-6-3-7-11-22/h2,4-5,8-9,16,18H,3,6-7,10-14H2,1H3,(H,24,26)/t16-,18+/m0/s1. The van der Waals surface area contributed by atoms with E-state index in [1.54, 1.807) is 4.90 Å². The predicted molar refractivity (Wildman–Crippen MR) is 105 cm³/mol. The molecule has 1 N–H and O–H groups in total. The lowest BCUT2D eigenvalue weighted by molar-refractivity contribution is -0.152. The second-order valence-corrected chi connectivity index (χ2v) is 7.94. The molecule has 1 aliphatic heterocycles. The van der Waals surface area contributed by atoms with E-state index in [9.17, 15) is 19.6 Å². The van der Waals surface area contributed by atoms with Crippen LogP contribution in [-0.2, 0) is 19.1 Å². The molecule has 7 nitrogen and oxygen atoms in total. The van der Waals surface area contributed by atoms with Crippen LogP contribution in [0, 0.1) is 17.2 Å². The molecule has 0 radical (unpaired) electrons. The van der Waals surface area contributed by atoms with Crippen molar-refractivity contribution in [1.82, 2.24) is 10.2 Å². The number of likely N-dealkylation sites (tertiary alicyclic amines) is 1. The van der Waals surface area contributed by atoms with E-state index in [1.807, 2.05) is 37.3 Å². The fourth-order valence-electron chi connectivity index (χ4n) is 4.15. The number of benzene rings is 1. The quantitative estimate of drug-likeness (QED) is 0.744. The van der Waals surface area contributed by atoms with Crippen molar-refractivity contribution in [3.8, 4) is 6.07 Å². The molecular formula is C22H27N3O4. The maximum Gasteiger partial charge on any atom is 0.311 e. The number of ether oxygens (including phenoxy) is 1. The minimum absolute atomic E-state index is 0.0831. The Bertz CT molecular complexity index is 796. The second-order valence-electron chi connectivity index (χ2n) is 7.94.